The van der Waals surface area contributed by atoms with Gasteiger partial charge in [0.05, 0.1) is 17.1 Å². The third-order valence-corrected chi connectivity index (χ3v) is 5.10. The van der Waals surface area contributed by atoms with Crippen molar-refractivity contribution >= 4 is 15.7 Å². The SMILES string of the molecule is Cc1ccc(S(=O)(=O)N2CC(C)OC(C)C2)cc1N. The van der Waals surface area contributed by atoms with E-state index in [9.17, 15) is 8.42 Å². The zero-order valence-electron chi connectivity index (χ0n) is 11.5. The molecule has 2 rings (SSSR count). The number of benzene rings is 1. The summed E-state index contributed by atoms with van der Waals surface area (Å²) in [4.78, 5) is 0.247. The molecule has 0 saturated carbocycles. The molecule has 106 valence electrons. The molecule has 0 amide bonds. The number of nitrogen functional groups attached to an aromatic ring is 1. The lowest BCUT2D eigenvalue weighted by molar-refractivity contribution is -0.0440. The summed E-state index contributed by atoms with van der Waals surface area (Å²) in [5.41, 5.74) is 7.17. The molecule has 1 aromatic carbocycles. The van der Waals surface area contributed by atoms with Crippen molar-refractivity contribution < 1.29 is 13.2 Å². The molecule has 0 radical (unpaired) electrons. The fourth-order valence-electron chi connectivity index (χ4n) is 2.26. The predicted octanol–water partition coefficient (Wildman–Crippen LogP) is 1.38. The average Bonchev–Trinajstić information content (AvgIpc) is 2.31. The minimum absolute atomic E-state index is 0.0960. The molecule has 0 spiro atoms. The summed E-state index contributed by atoms with van der Waals surface area (Å²) in [6, 6.07) is 4.86. The molecule has 19 heavy (non-hydrogen) atoms. The summed E-state index contributed by atoms with van der Waals surface area (Å²) >= 11 is 0. The average molecular weight is 284 g/mol. The zero-order chi connectivity index (χ0) is 14.2. The van der Waals surface area contributed by atoms with Gasteiger partial charge in [-0.3, -0.25) is 0 Å². The van der Waals surface area contributed by atoms with Crippen molar-refractivity contribution in [3.63, 3.8) is 0 Å². The number of ether oxygens (including phenoxy) is 1. The van der Waals surface area contributed by atoms with Crippen LogP contribution in [0.5, 0.6) is 0 Å². The maximum atomic E-state index is 12.6. The van der Waals surface area contributed by atoms with Gasteiger partial charge in [-0.2, -0.15) is 4.31 Å². The molecule has 1 aliphatic rings. The second-order valence-electron chi connectivity index (χ2n) is 5.10. The van der Waals surface area contributed by atoms with Gasteiger partial charge in [-0.05, 0) is 38.5 Å². The van der Waals surface area contributed by atoms with Gasteiger partial charge in [-0.15, -0.1) is 0 Å². The summed E-state index contributed by atoms with van der Waals surface area (Å²) in [6.45, 7) is 6.36. The first kappa shape index (κ1) is 14.3. The maximum Gasteiger partial charge on any atom is 0.243 e. The van der Waals surface area contributed by atoms with Crippen molar-refractivity contribution in [1.82, 2.24) is 4.31 Å². The maximum absolute atomic E-state index is 12.6. The van der Waals surface area contributed by atoms with Gasteiger partial charge in [-0.25, -0.2) is 8.42 Å². The fourth-order valence-corrected chi connectivity index (χ4v) is 3.88. The topological polar surface area (TPSA) is 72.6 Å². The second kappa shape index (κ2) is 5.11. The van der Waals surface area contributed by atoms with Gasteiger partial charge >= 0.3 is 0 Å². The molecule has 5 nitrogen and oxygen atoms in total. The van der Waals surface area contributed by atoms with E-state index in [2.05, 4.69) is 0 Å². The van der Waals surface area contributed by atoms with Gasteiger partial charge in [0, 0.05) is 18.8 Å². The molecule has 2 unspecified atom stereocenters. The molecule has 1 saturated heterocycles. The Morgan fingerprint density at radius 3 is 2.37 bits per heavy atom. The molecule has 1 aliphatic heterocycles. The van der Waals surface area contributed by atoms with Crippen molar-refractivity contribution in [3.8, 4) is 0 Å². The van der Waals surface area contributed by atoms with Crippen LogP contribution in [0, 0.1) is 6.92 Å². The smallest absolute Gasteiger partial charge is 0.243 e. The Morgan fingerprint density at radius 1 is 1.26 bits per heavy atom. The minimum Gasteiger partial charge on any atom is -0.398 e. The first-order chi connectivity index (χ1) is 8.80. The summed E-state index contributed by atoms with van der Waals surface area (Å²) in [5, 5.41) is 0. The van der Waals surface area contributed by atoms with Crippen LogP contribution < -0.4 is 5.73 Å². The van der Waals surface area contributed by atoms with Crippen LogP contribution in [-0.2, 0) is 14.8 Å². The Hall–Kier alpha value is -1.11. The van der Waals surface area contributed by atoms with E-state index < -0.39 is 10.0 Å². The zero-order valence-corrected chi connectivity index (χ0v) is 12.3. The number of nitrogens with zero attached hydrogens (tertiary/aromatic N) is 1. The number of hydrogen-bond donors (Lipinski definition) is 1. The molecule has 0 aromatic heterocycles. The van der Waals surface area contributed by atoms with Crippen molar-refractivity contribution in [2.24, 2.45) is 0 Å². The van der Waals surface area contributed by atoms with E-state index >= 15 is 0 Å². The third kappa shape index (κ3) is 2.91. The van der Waals surface area contributed by atoms with Crippen molar-refractivity contribution in [1.29, 1.82) is 0 Å². The largest absolute Gasteiger partial charge is 0.398 e. The summed E-state index contributed by atoms with van der Waals surface area (Å²) in [5.74, 6) is 0. The van der Waals surface area contributed by atoms with E-state index in [-0.39, 0.29) is 17.1 Å². The Labute approximate surface area is 114 Å². The normalized spacial score (nSPS) is 25.4. The van der Waals surface area contributed by atoms with Gasteiger partial charge in [0.25, 0.3) is 0 Å². The molecule has 0 aliphatic carbocycles. The number of hydrogen-bond acceptors (Lipinski definition) is 4. The Kier molecular flexibility index (Phi) is 3.85. The Bertz CT molecular complexity index is 561. The highest BCUT2D eigenvalue weighted by atomic mass is 32.2. The molecule has 6 heteroatoms. The monoisotopic (exact) mass is 284 g/mol. The van der Waals surface area contributed by atoms with Gasteiger partial charge in [0.1, 0.15) is 0 Å². The Balaban J connectivity index is 2.33. The van der Waals surface area contributed by atoms with E-state index in [1.807, 2.05) is 20.8 Å². The van der Waals surface area contributed by atoms with Crippen molar-refractivity contribution in [3.05, 3.63) is 23.8 Å². The van der Waals surface area contributed by atoms with E-state index in [0.29, 0.717) is 18.8 Å². The van der Waals surface area contributed by atoms with Crippen LogP contribution in [0.3, 0.4) is 0 Å². The van der Waals surface area contributed by atoms with Crippen molar-refractivity contribution in [2.75, 3.05) is 18.8 Å². The van der Waals surface area contributed by atoms with Crippen LogP contribution in [0.4, 0.5) is 5.69 Å². The van der Waals surface area contributed by atoms with E-state index in [1.54, 1.807) is 12.1 Å². The summed E-state index contributed by atoms with van der Waals surface area (Å²) < 4.78 is 32.1. The van der Waals surface area contributed by atoms with Crippen LogP contribution in [0.1, 0.15) is 19.4 Å². The summed E-state index contributed by atoms with van der Waals surface area (Å²) in [6.07, 6.45) is -0.192. The molecule has 0 bridgehead atoms. The van der Waals surface area contributed by atoms with E-state index in [1.165, 1.54) is 10.4 Å². The highest BCUT2D eigenvalue weighted by molar-refractivity contribution is 7.89. The van der Waals surface area contributed by atoms with Gasteiger partial charge in [-0.1, -0.05) is 6.07 Å². The number of nitrogens with two attached hydrogens (primary N) is 1. The first-order valence-electron chi connectivity index (χ1n) is 6.32. The third-order valence-electron chi connectivity index (χ3n) is 3.27. The van der Waals surface area contributed by atoms with Gasteiger partial charge < -0.3 is 10.5 Å². The van der Waals surface area contributed by atoms with Crippen molar-refractivity contribution in [2.45, 2.75) is 37.9 Å². The molecule has 1 fully saturated rings. The molecule has 2 atom stereocenters. The molecule has 1 aromatic rings. The van der Waals surface area contributed by atoms with Crippen LogP contribution in [0.25, 0.3) is 0 Å². The lowest BCUT2D eigenvalue weighted by Crippen LogP contribution is -2.48. The molecule has 2 N–H and O–H groups in total. The lowest BCUT2D eigenvalue weighted by Gasteiger charge is -2.34. The number of morpholine rings is 1. The first-order valence-corrected chi connectivity index (χ1v) is 7.76. The molecular formula is C13H20N2O3S. The number of anilines is 1. The number of sulfonamides is 1. The van der Waals surface area contributed by atoms with Crippen LogP contribution in [-0.4, -0.2) is 38.0 Å². The minimum atomic E-state index is -3.49. The second-order valence-corrected chi connectivity index (χ2v) is 7.04. The van der Waals surface area contributed by atoms with Crippen LogP contribution in [0.15, 0.2) is 23.1 Å². The predicted molar refractivity (Wildman–Crippen MR) is 74.4 cm³/mol. The Morgan fingerprint density at radius 2 is 1.84 bits per heavy atom. The number of rotatable bonds is 2. The van der Waals surface area contributed by atoms with E-state index in [0.717, 1.165) is 5.56 Å². The fraction of sp³-hybridized carbons (Fsp3) is 0.538. The van der Waals surface area contributed by atoms with E-state index in [4.69, 9.17) is 10.5 Å². The van der Waals surface area contributed by atoms with Gasteiger partial charge in [0.15, 0.2) is 0 Å². The molecule has 1 heterocycles. The highest BCUT2D eigenvalue weighted by Crippen LogP contribution is 2.23. The van der Waals surface area contributed by atoms with Crippen LogP contribution in [0.2, 0.25) is 0 Å². The highest BCUT2D eigenvalue weighted by Gasteiger charge is 2.32. The molecular weight excluding hydrogens is 264 g/mol. The lowest BCUT2D eigenvalue weighted by atomic mass is 10.2. The summed E-state index contributed by atoms with van der Waals surface area (Å²) in [7, 11) is -3.49. The van der Waals surface area contributed by atoms with Gasteiger partial charge in [0.2, 0.25) is 10.0 Å². The standard InChI is InChI=1S/C13H20N2O3S/c1-9-4-5-12(6-13(9)14)19(16,17)15-7-10(2)18-11(3)8-15/h4-6,10-11H,7-8,14H2,1-3H3. The quantitative estimate of drug-likeness (QED) is 0.833. The number of aryl methyl sites for hydroxylation is 1. The van der Waals surface area contributed by atoms with Crippen LogP contribution >= 0.6 is 0 Å².